The number of anilines is 1. The van der Waals surface area contributed by atoms with Gasteiger partial charge >= 0.3 is 0 Å². The van der Waals surface area contributed by atoms with Gasteiger partial charge in [-0.25, -0.2) is 4.98 Å². The Kier molecular flexibility index (Phi) is 4.10. The van der Waals surface area contributed by atoms with Crippen molar-refractivity contribution in [1.29, 1.82) is 0 Å². The molecule has 0 radical (unpaired) electrons. The molecule has 0 aliphatic rings. The Hall–Kier alpha value is -1.86. The maximum absolute atomic E-state index is 12.2. The number of nitrogens with zero attached hydrogens (tertiary/aromatic N) is 2. The fourth-order valence-corrected chi connectivity index (χ4v) is 2.87. The van der Waals surface area contributed by atoms with Gasteiger partial charge in [-0.15, -0.1) is 0 Å². The summed E-state index contributed by atoms with van der Waals surface area (Å²) >= 11 is 0. The second-order valence-electron chi connectivity index (χ2n) is 4.58. The van der Waals surface area contributed by atoms with Crippen LogP contribution in [0.5, 0.6) is 0 Å². The van der Waals surface area contributed by atoms with E-state index in [1.54, 1.807) is 30.7 Å². The van der Waals surface area contributed by atoms with Crippen LogP contribution in [0.25, 0.3) is 0 Å². The van der Waals surface area contributed by atoms with Crippen molar-refractivity contribution < 1.29 is 8.42 Å². The van der Waals surface area contributed by atoms with Crippen LogP contribution in [-0.2, 0) is 23.5 Å². The molecule has 2 rings (SSSR count). The molecular weight excluding hydrogens is 276 g/mol. The molecule has 0 saturated carbocycles. The summed E-state index contributed by atoms with van der Waals surface area (Å²) < 4.78 is 28.5. The predicted molar refractivity (Wildman–Crippen MR) is 78.0 cm³/mol. The van der Waals surface area contributed by atoms with E-state index in [0.29, 0.717) is 18.1 Å². The minimum atomic E-state index is -3.65. The number of sulfonamides is 1. The lowest BCUT2D eigenvalue weighted by Gasteiger charge is -2.06. The van der Waals surface area contributed by atoms with Crippen molar-refractivity contribution >= 4 is 15.7 Å². The first-order chi connectivity index (χ1) is 9.42. The Morgan fingerprint density at radius 1 is 1.30 bits per heavy atom. The van der Waals surface area contributed by atoms with Gasteiger partial charge in [-0.05, 0) is 37.6 Å². The van der Waals surface area contributed by atoms with Crippen LogP contribution in [0.4, 0.5) is 5.69 Å². The van der Waals surface area contributed by atoms with Crippen LogP contribution in [0.15, 0.2) is 35.5 Å². The SMILES string of the molecule is Cc1nc(S(=O)(=O)Nc2ccc(CCN)cc2)cn1C. The van der Waals surface area contributed by atoms with Gasteiger partial charge < -0.3 is 10.3 Å². The van der Waals surface area contributed by atoms with E-state index in [4.69, 9.17) is 5.73 Å². The third-order valence-electron chi connectivity index (χ3n) is 3.00. The summed E-state index contributed by atoms with van der Waals surface area (Å²) in [6.45, 7) is 2.32. The van der Waals surface area contributed by atoms with Crippen molar-refractivity contribution in [3.05, 3.63) is 41.9 Å². The van der Waals surface area contributed by atoms with E-state index in [9.17, 15) is 8.42 Å². The lowest BCUT2D eigenvalue weighted by atomic mass is 10.1. The molecule has 0 saturated heterocycles. The molecule has 2 aromatic rings. The lowest BCUT2D eigenvalue weighted by molar-refractivity contribution is 0.598. The number of nitrogens with two attached hydrogens (primary N) is 1. The Labute approximate surface area is 118 Å². The van der Waals surface area contributed by atoms with E-state index in [2.05, 4.69) is 9.71 Å². The van der Waals surface area contributed by atoms with Crippen LogP contribution >= 0.6 is 0 Å². The van der Waals surface area contributed by atoms with E-state index in [0.717, 1.165) is 12.0 Å². The predicted octanol–water partition coefficient (Wildman–Crippen LogP) is 1.03. The minimum Gasteiger partial charge on any atom is -0.337 e. The molecule has 7 heteroatoms. The molecule has 1 aromatic carbocycles. The number of hydrogen-bond acceptors (Lipinski definition) is 4. The summed E-state index contributed by atoms with van der Waals surface area (Å²) in [5.41, 5.74) is 7.05. The molecule has 0 aliphatic heterocycles. The lowest BCUT2D eigenvalue weighted by Crippen LogP contribution is -2.13. The zero-order valence-corrected chi connectivity index (χ0v) is 12.3. The van der Waals surface area contributed by atoms with Gasteiger partial charge in [-0.1, -0.05) is 12.1 Å². The Bertz CT molecular complexity index is 670. The zero-order valence-electron chi connectivity index (χ0n) is 11.5. The van der Waals surface area contributed by atoms with Gasteiger partial charge in [0.1, 0.15) is 5.82 Å². The molecular formula is C13H18N4O2S. The largest absolute Gasteiger partial charge is 0.337 e. The molecule has 1 aromatic heterocycles. The first-order valence-electron chi connectivity index (χ1n) is 6.24. The molecule has 20 heavy (non-hydrogen) atoms. The first-order valence-corrected chi connectivity index (χ1v) is 7.72. The topological polar surface area (TPSA) is 90.0 Å². The second kappa shape index (κ2) is 5.64. The number of aromatic nitrogens is 2. The van der Waals surface area contributed by atoms with E-state index < -0.39 is 10.0 Å². The van der Waals surface area contributed by atoms with Crippen LogP contribution in [0.1, 0.15) is 11.4 Å². The van der Waals surface area contributed by atoms with Gasteiger partial charge in [0.25, 0.3) is 10.0 Å². The summed E-state index contributed by atoms with van der Waals surface area (Å²) in [7, 11) is -1.89. The van der Waals surface area contributed by atoms with Gasteiger partial charge in [0.2, 0.25) is 0 Å². The molecule has 0 atom stereocenters. The van der Waals surface area contributed by atoms with Crippen LogP contribution < -0.4 is 10.5 Å². The van der Waals surface area contributed by atoms with Gasteiger partial charge in [0, 0.05) is 18.9 Å². The number of nitrogens with one attached hydrogen (secondary N) is 1. The fraction of sp³-hybridized carbons (Fsp3) is 0.308. The number of rotatable bonds is 5. The number of imidazole rings is 1. The van der Waals surface area contributed by atoms with Gasteiger partial charge in [-0.3, -0.25) is 4.72 Å². The second-order valence-corrected chi connectivity index (χ2v) is 6.21. The van der Waals surface area contributed by atoms with E-state index in [-0.39, 0.29) is 5.03 Å². The molecule has 0 bridgehead atoms. The van der Waals surface area contributed by atoms with Crippen molar-refractivity contribution in [2.24, 2.45) is 12.8 Å². The Morgan fingerprint density at radius 2 is 1.95 bits per heavy atom. The van der Waals surface area contributed by atoms with Gasteiger partial charge in [0.05, 0.1) is 0 Å². The third-order valence-corrected chi connectivity index (χ3v) is 4.25. The van der Waals surface area contributed by atoms with Crippen molar-refractivity contribution in [1.82, 2.24) is 9.55 Å². The number of benzene rings is 1. The summed E-state index contributed by atoms with van der Waals surface area (Å²) in [6, 6.07) is 7.15. The van der Waals surface area contributed by atoms with Gasteiger partial charge in [-0.2, -0.15) is 8.42 Å². The molecule has 6 nitrogen and oxygen atoms in total. The highest BCUT2D eigenvalue weighted by Crippen LogP contribution is 2.16. The Balaban J connectivity index is 2.19. The zero-order chi connectivity index (χ0) is 14.8. The molecule has 1 heterocycles. The van der Waals surface area contributed by atoms with Crippen LogP contribution in [-0.4, -0.2) is 24.5 Å². The smallest absolute Gasteiger partial charge is 0.280 e. The standard InChI is InChI=1S/C13H18N4O2S/c1-10-15-13(9-17(10)2)20(18,19)16-12-5-3-11(4-6-12)7-8-14/h3-6,9,16H,7-8,14H2,1-2H3. The monoisotopic (exact) mass is 294 g/mol. The summed E-state index contributed by atoms with van der Waals surface area (Å²) in [5.74, 6) is 0.642. The molecule has 0 unspecified atom stereocenters. The molecule has 3 N–H and O–H groups in total. The van der Waals surface area contributed by atoms with Crippen molar-refractivity contribution in [3.8, 4) is 0 Å². The van der Waals surface area contributed by atoms with Crippen molar-refractivity contribution in [2.45, 2.75) is 18.4 Å². The summed E-state index contributed by atoms with van der Waals surface area (Å²) in [5, 5.41) is 0.0172. The van der Waals surface area contributed by atoms with E-state index in [1.165, 1.54) is 6.20 Å². The van der Waals surface area contributed by atoms with Gasteiger partial charge in [0.15, 0.2) is 5.03 Å². The average Bonchev–Trinajstić information content (AvgIpc) is 2.73. The van der Waals surface area contributed by atoms with Crippen molar-refractivity contribution in [2.75, 3.05) is 11.3 Å². The maximum atomic E-state index is 12.2. The molecule has 108 valence electrons. The normalized spacial score (nSPS) is 11.6. The highest BCUT2D eigenvalue weighted by atomic mass is 32.2. The highest BCUT2D eigenvalue weighted by Gasteiger charge is 2.18. The fourth-order valence-electron chi connectivity index (χ4n) is 1.77. The Morgan fingerprint density at radius 3 is 2.45 bits per heavy atom. The molecule has 0 amide bonds. The van der Waals surface area contributed by atoms with Crippen LogP contribution in [0.3, 0.4) is 0 Å². The van der Waals surface area contributed by atoms with Crippen molar-refractivity contribution in [3.63, 3.8) is 0 Å². The van der Waals surface area contributed by atoms with Crippen LogP contribution in [0.2, 0.25) is 0 Å². The molecule has 0 fully saturated rings. The number of aryl methyl sites for hydroxylation is 2. The summed E-state index contributed by atoms with van der Waals surface area (Å²) in [6.07, 6.45) is 2.26. The quantitative estimate of drug-likeness (QED) is 0.862. The maximum Gasteiger partial charge on any atom is 0.280 e. The molecule has 0 aliphatic carbocycles. The third kappa shape index (κ3) is 3.17. The summed E-state index contributed by atoms with van der Waals surface area (Å²) in [4.78, 5) is 4.02. The average molecular weight is 294 g/mol. The minimum absolute atomic E-state index is 0.0172. The molecule has 0 spiro atoms. The van der Waals surface area contributed by atoms with Crippen LogP contribution in [0, 0.1) is 6.92 Å². The first kappa shape index (κ1) is 14.5. The van der Waals surface area contributed by atoms with E-state index in [1.807, 2.05) is 12.1 Å². The number of hydrogen-bond donors (Lipinski definition) is 2. The van der Waals surface area contributed by atoms with E-state index >= 15 is 0 Å². The highest BCUT2D eigenvalue weighted by molar-refractivity contribution is 7.92.